The van der Waals surface area contributed by atoms with Gasteiger partial charge in [-0.3, -0.25) is 0 Å². The van der Waals surface area contributed by atoms with Gasteiger partial charge in [-0.25, -0.2) is 0 Å². The van der Waals surface area contributed by atoms with Crippen LogP contribution in [0.2, 0.25) is 0 Å². The van der Waals surface area contributed by atoms with E-state index in [1.54, 1.807) is 0 Å². The summed E-state index contributed by atoms with van der Waals surface area (Å²) in [4.78, 5) is 0. The van der Waals surface area contributed by atoms with Gasteiger partial charge in [0, 0.05) is 23.8 Å². The summed E-state index contributed by atoms with van der Waals surface area (Å²) in [6, 6.07) is 9.13. The number of hydrogen-bond donors (Lipinski definition) is 1. The van der Waals surface area contributed by atoms with E-state index < -0.39 is 0 Å². The zero-order chi connectivity index (χ0) is 14.0. The van der Waals surface area contributed by atoms with Gasteiger partial charge in [-0.05, 0) is 31.4 Å². The average molecular weight is 261 g/mol. The summed E-state index contributed by atoms with van der Waals surface area (Å²) in [5.41, 5.74) is 2.72. The molecule has 2 atom stereocenters. The summed E-state index contributed by atoms with van der Waals surface area (Å²) >= 11 is 0. The maximum absolute atomic E-state index is 6.00. The van der Waals surface area contributed by atoms with Crippen molar-refractivity contribution in [3.8, 4) is 0 Å². The molecule has 0 spiro atoms. The monoisotopic (exact) mass is 261 g/mol. The highest BCUT2D eigenvalue weighted by atomic mass is 16.5. The SMILES string of the molecule is Cc1ccc(NC2CC(OCC(C)C)C2(C)C)cc1. The molecule has 0 amide bonds. The lowest BCUT2D eigenvalue weighted by Gasteiger charge is -2.52. The zero-order valence-electron chi connectivity index (χ0n) is 12.9. The quantitative estimate of drug-likeness (QED) is 0.855. The largest absolute Gasteiger partial charge is 0.382 e. The molecule has 2 heteroatoms. The number of benzene rings is 1. The maximum Gasteiger partial charge on any atom is 0.0665 e. The topological polar surface area (TPSA) is 21.3 Å². The molecule has 1 aliphatic carbocycles. The van der Waals surface area contributed by atoms with Gasteiger partial charge in [0.25, 0.3) is 0 Å². The van der Waals surface area contributed by atoms with Crippen molar-refractivity contribution < 1.29 is 4.74 Å². The molecule has 0 heterocycles. The van der Waals surface area contributed by atoms with Gasteiger partial charge in [-0.2, -0.15) is 0 Å². The van der Waals surface area contributed by atoms with Crippen LogP contribution in [-0.4, -0.2) is 18.8 Å². The zero-order valence-corrected chi connectivity index (χ0v) is 12.9. The fraction of sp³-hybridized carbons (Fsp3) is 0.647. The Hall–Kier alpha value is -1.02. The molecule has 0 saturated heterocycles. The summed E-state index contributed by atoms with van der Waals surface area (Å²) < 4.78 is 6.00. The number of aryl methyl sites for hydroxylation is 1. The fourth-order valence-corrected chi connectivity index (χ4v) is 2.57. The highest BCUT2D eigenvalue weighted by Crippen LogP contribution is 2.44. The van der Waals surface area contributed by atoms with Crippen molar-refractivity contribution in [1.29, 1.82) is 0 Å². The molecule has 0 bridgehead atoms. The van der Waals surface area contributed by atoms with E-state index in [1.165, 1.54) is 11.3 Å². The van der Waals surface area contributed by atoms with Crippen LogP contribution in [0.5, 0.6) is 0 Å². The van der Waals surface area contributed by atoms with Crippen molar-refractivity contribution in [3.05, 3.63) is 29.8 Å². The molecule has 1 saturated carbocycles. The maximum atomic E-state index is 6.00. The van der Waals surface area contributed by atoms with Crippen molar-refractivity contribution in [2.24, 2.45) is 11.3 Å². The molecule has 106 valence electrons. The van der Waals surface area contributed by atoms with Crippen LogP contribution in [-0.2, 0) is 4.74 Å². The van der Waals surface area contributed by atoms with Crippen molar-refractivity contribution in [2.45, 2.75) is 53.2 Å². The van der Waals surface area contributed by atoms with Crippen LogP contribution in [0.25, 0.3) is 0 Å². The second kappa shape index (κ2) is 5.54. The van der Waals surface area contributed by atoms with Gasteiger partial charge in [0.1, 0.15) is 0 Å². The Kier molecular flexibility index (Phi) is 4.19. The molecule has 1 fully saturated rings. The first-order valence-electron chi connectivity index (χ1n) is 7.34. The van der Waals surface area contributed by atoms with Crippen molar-refractivity contribution in [1.82, 2.24) is 0 Å². The standard InChI is InChI=1S/C17H27NO/c1-12(2)11-19-16-10-15(17(16,4)5)18-14-8-6-13(3)7-9-14/h6-9,12,15-16,18H,10-11H2,1-5H3. The number of rotatable bonds is 5. The number of hydrogen-bond acceptors (Lipinski definition) is 2. The van der Waals surface area contributed by atoms with Crippen LogP contribution in [0.15, 0.2) is 24.3 Å². The van der Waals surface area contributed by atoms with Gasteiger partial charge < -0.3 is 10.1 Å². The molecule has 1 aromatic carbocycles. The summed E-state index contributed by atoms with van der Waals surface area (Å²) in [6.45, 7) is 12.0. The van der Waals surface area contributed by atoms with E-state index in [9.17, 15) is 0 Å². The number of nitrogens with one attached hydrogen (secondary N) is 1. The van der Waals surface area contributed by atoms with Crippen molar-refractivity contribution >= 4 is 5.69 Å². The minimum atomic E-state index is 0.208. The molecule has 0 radical (unpaired) electrons. The lowest BCUT2D eigenvalue weighted by atomic mass is 9.64. The van der Waals surface area contributed by atoms with Crippen molar-refractivity contribution in [3.63, 3.8) is 0 Å². The Balaban J connectivity index is 1.88. The van der Waals surface area contributed by atoms with Crippen LogP contribution in [0.4, 0.5) is 5.69 Å². The Bertz CT molecular complexity index is 408. The molecular formula is C17H27NO. The van der Waals surface area contributed by atoms with Gasteiger partial charge in [0.2, 0.25) is 0 Å². The van der Waals surface area contributed by atoms with Crippen LogP contribution >= 0.6 is 0 Å². The minimum Gasteiger partial charge on any atom is -0.382 e. The molecule has 0 aromatic heterocycles. The summed E-state index contributed by atoms with van der Waals surface area (Å²) in [7, 11) is 0. The second-order valence-electron chi connectivity index (χ2n) is 6.84. The highest BCUT2D eigenvalue weighted by Gasteiger charge is 2.49. The van der Waals surface area contributed by atoms with Crippen LogP contribution < -0.4 is 5.32 Å². The predicted molar refractivity (Wildman–Crippen MR) is 81.6 cm³/mol. The van der Waals surface area contributed by atoms with E-state index in [4.69, 9.17) is 4.74 Å². The first-order chi connectivity index (χ1) is 8.89. The molecule has 2 nitrogen and oxygen atoms in total. The molecule has 1 N–H and O–H groups in total. The Morgan fingerprint density at radius 2 is 1.89 bits per heavy atom. The Morgan fingerprint density at radius 1 is 1.26 bits per heavy atom. The molecule has 1 aliphatic rings. The van der Waals surface area contributed by atoms with E-state index >= 15 is 0 Å². The van der Waals surface area contributed by atoms with Gasteiger partial charge in [-0.15, -0.1) is 0 Å². The Morgan fingerprint density at radius 3 is 2.42 bits per heavy atom. The van der Waals surface area contributed by atoms with E-state index in [0.717, 1.165) is 13.0 Å². The van der Waals surface area contributed by atoms with Gasteiger partial charge >= 0.3 is 0 Å². The summed E-state index contributed by atoms with van der Waals surface area (Å²) in [5.74, 6) is 0.611. The summed E-state index contributed by atoms with van der Waals surface area (Å²) in [6.07, 6.45) is 1.49. The normalized spacial score (nSPS) is 25.2. The molecule has 2 unspecified atom stereocenters. The predicted octanol–water partition coefficient (Wildman–Crippen LogP) is 4.25. The molecule has 1 aromatic rings. The third-order valence-corrected chi connectivity index (χ3v) is 4.20. The smallest absolute Gasteiger partial charge is 0.0665 e. The van der Waals surface area contributed by atoms with Gasteiger partial charge in [0.05, 0.1) is 6.10 Å². The van der Waals surface area contributed by atoms with Crippen LogP contribution in [0.1, 0.15) is 39.7 Å². The van der Waals surface area contributed by atoms with Gasteiger partial charge in [-0.1, -0.05) is 45.4 Å². The third kappa shape index (κ3) is 3.30. The Labute approximate surface area is 117 Å². The number of ether oxygens (including phenoxy) is 1. The molecular weight excluding hydrogens is 234 g/mol. The van der Waals surface area contributed by atoms with Crippen molar-refractivity contribution in [2.75, 3.05) is 11.9 Å². The molecule has 2 rings (SSSR count). The van der Waals surface area contributed by atoms with E-state index in [-0.39, 0.29) is 5.41 Å². The number of anilines is 1. The first kappa shape index (κ1) is 14.4. The first-order valence-corrected chi connectivity index (χ1v) is 7.34. The molecule has 19 heavy (non-hydrogen) atoms. The molecule has 0 aliphatic heterocycles. The van der Waals surface area contributed by atoms with E-state index in [1.807, 2.05) is 0 Å². The van der Waals surface area contributed by atoms with Crippen LogP contribution in [0.3, 0.4) is 0 Å². The highest BCUT2D eigenvalue weighted by molar-refractivity contribution is 5.46. The van der Waals surface area contributed by atoms with E-state index in [2.05, 4.69) is 64.2 Å². The minimum absolute atomic E-state index is 0.208. The van der Waals surface area contributed by atoms with Gasteiger partial charge in [0.15, 0.2) is 0 Å². The second-order valence-corrected chi connectivity index (χ2v) is 6.84. The third-order valence-electron chi connectivity index (χ3n) is 4.20. The van der Waals surface area contributed by atoms with E-state index in [0.29, 0.717) is 18.1 Å². The average Bonchev–Trinajstić information content (AvgIpc) is 2.34. The lowest BCUT2D eigenvalue weighted by molar-refractivity contribution is -0.108. The van der Waals surface area contributed by atoms with Crippen LogP contribution in [0, 0.1) is 18.3 Å². The lowest BCUT2D eigenvalue weighted by Crippen LogP contribution is -2.58. The fourth-order valence-electron chi connectivity index (χ4n) is 2.57. The summed E-state index contributed by atoms with van der Waals surface area (Å²) in [5, 5.41) is 3.63.